The van der Waals surface area contributed by atoms with E-state index in [1.165, 1.54) is 29.2 Å². The van der Waals surface area contributed by atoms with Crippen LogP contribution in [0.4, 0.5) is 8.78 Å². The van der Waals surface area contributed by atoms with Gasteiger partial charge in [0.15, 0.2) is 11.0 Å². The summed E-state index contributed by atoms with van der Waals surface area (Å²) in [5.41, 5.74) is 15.3. The van der Waals surface area contributed by atoms with E-state index in [4.69, 9.17) is 28.5 Å². The van der Waals surface area contributed by atoms with Gasteiger partial charge in [-0.15, -0.1) is 0 Å². The third-order valence-corrected chi connectivity index (χ3v) is 10.8. The highest BCUT2D eigenvalue weighted by Crippen LogP contribution is 2.37. The molecule has 2 aromatic heterocycles. The standard InChI is InChI=1S/C36H44ClF2N7OS/c37-29-19-22(4-1-6-30(40)23-8-9-23)18-28(33(29)39)31-20-25-21-46(36(47)44-34(25)43-31)27-12-10-24(11-13-27)32-7-2-5-26(14-17-48-35(41)42)45(32)16-3-15-38/h10-13,18-21,23,26,30,32H,1-9,14-17,40H2,(H3,41,42)(H,43,44,47)/t26-,30+,32-/m0/s1. The van der Waals surface area contributed by atoms with Gasteiger partial charge in [0, 0.05) is 47.6 Å². The number of fused-ring (bicyclic) bond motifs is 1. The van der Waals surface area contributed by atoms with Crippen molar-refractivity contribution in [2.45, 2.75) is 82.3 Å². The van der Waals surface area contributed by atoms with E-state index in [-0.39, 0.29) is 28.9 Å². The van der Waals surface area contributed by atoms with Gasteiger partial charge < -0.3 is 16.5 Å². The Bertz CT molecular complexity index is 1790. The minimum Gasteiger partial charge on any atom is -0.379 e. The lowest BCUT2D eigenvalue weighted by atomic mass is 9.89. The van der Waals surface area contributed by atoms with E-state index in [9.17, 15) is 9.18 Å². The molecule has 6 N–H and O–H groups in total. The zero-order chi connectivity index (χ0) is 33.8. The predicted molar refractivity (Wildman–Crippen MR) is 192 cm³/mol. The molecule has 1 saturated heterocycles. The van der Waals surface area contributed by atoms with Crippen LogP contribution in [0.3, 0.4) is 0 Å². The number of nitrogens with zero attached hydrogens (tertiary/aromatic N) is 3. The molecule has 1 aliphatic heterocycles. The number of nitrogens with two attached hydrogens (primary N) is 2. The lowest BCUT2D eigenvalue weighted by Crippen LogP contribution is -2.43. The van der Waals surface area contributed by atoms with E-state index in [1.54, 1.807) is 18.3 Å². The van der Waals surface area contributed by atoms with Gasteiger partial charge in [0.25, 0.3) is 0 Å². The molecular formula is C36H44ClF2N7OS. The van der Waals surface area contributed by atoms with Gasteiger partial charge in [-0.25, -0.2) is 9.18 Å². The summed E-state index contributed by atoms with van der Waals surface area (Å²) < 4.78 is 30.0. The molecule has 0 bridgehead atoms. The fraction of sp³-hybridized carbons (Fsp3) is 0.472. The van der Waals surface area contributed by atoms with Crippen molar-refractivity contribution in [2.24, 2.45) is 17.4 Å². The number of benzene rings is 2. The fourth-order valence-electron chi connectivity index (χ4n) is 7.16. The smallest absolute Gasteiger partial charge is 0.354 e. The minimum atomic E-state index is -0.518. The highest BCUT2D eigenvalue weighted by Gasteiger charge is 2.31. The predicted octanol–water partition coefficient (Wildman–Crippen LogP) is 7.51. The van der Waals surface area contributed by atoms with Crippen LogP contribution in [0, 0.1) is 17.1 Å². The van der Waals surface area contributed by atoms with Gasteiger partial charge in [-0.1, -0.05) is 35.5 Å². The first kappa shape index (κ1) is 34.6. The molecule has 48 heavy (non-hydrogen) atoms. The van der Waals surface area contributed by atoms with Crippen molar-refractivity contribution >= 4 is 39.6 Å². The van der Waals surface area contributed by atoms with Crippen molar-refractivity contribution in [3.63, 3.8) is 0 Å². The summed E-state index contributed by atoms with van der Waals surface area (Å²) in [6, 6.07) is 13.9. The summed E-state index contributed by atoms with van der Waals surface area (Å²) in [6.07, 6.45) is 11.2. The van der Waals surface area contributed by atoms with Crippen LogP contribution in [0.5, 0.6) is 0 Å². The SMILES string of the molecule is N=C(N)SCC[C@@H]1CCC[C@@H](c2ccc(-n3cc4cc(-c5cc(CCC[C@@H](N)C6CC6)cc(Cl)c5F)[nH]c4nc3=O)cc2)N1CCCF. The third-order valence-electron chi connectivity index (χ3n) is 9.82. The zero-order valence-electron chi connectivity index (χ0n) is 27.1. The van der Waals surface area contributed by atoms with Crippen molar-refractivity contribution in [3.8, 4) is 16.9 Å². The summed E-state index contributed by atoms with van der Waals surface area (Å²) in [6.45, 7) is 0.300. The van der Waals surface area contributed by atoms with Crippen molar-refractivity contribution in [2.75, 3.05) is 19.0 Å². The monoisotopic (exact) mass is 695 g/mol. The number of halogens is 3. The van der Waals surface area contributed by atoms with Crippen LogP contribution in [0.15, 0.2) is 53.5 Å². The second kappa shape index (κ2) is 15.5. The van der Waals surface area contributed by atoms with Crippen molar-refractivity contribution in [1.29, 1.82) is 5.41 Å². The highest BCUT2D eigenvalue weighted by atomic mass is 35.5. The number of thioether (sulfide) groups is 1. The lowest BCUT2D eigenvalue weighted by Gasteiger charge is -2.42. The average Bonchev–Trinajstić information content (AvgIpc) is 3.85. The summed E-state index contributed by atoms with van der Waals surface area (Å²) in [5.74, 6) is 0.888. The number of piperidine rings is 1. The second-order valence-corrected chi connectivity index (χ2v) is 14.7. The van der Waals surface area contributed by atoms with E-state index in [0.29, 0.717) is 52.9 Å². The van der Waals surface area contributed by atoms with Gasteiger partial charge in [0.1, 0.15) is 5.65 Å². The highest BCUT2D eigenvalue weighted by molar-refractivity contribution is 8.13. The van der Waals surface area contributed by atoms with Crippen molar-refractivity contribution < 1.29 is 8.78 Å². The number of hydrogen-bond acceptors (Lipinski definition) is 6. The van der Waals surface area contributed by atoms with Crippen LogP contribution in [0.2, 0.25) is 5.02 Å². The number of aromatic amines is 1. The molecule has 6 rings (SSSR count). The summed E-state index contributed by atoms with van der Waals surface area (Å²) in [5, 5.41) is 8.37. The first-order valence-corrected chi connectivity index (χ1v) is 18.3. The molecule has 1 saturated carbocycles. The molecule has 256 valence electrons. The Hall–Kier alpha value is -3.25. The van der Waals surface area contributed by atoms with Gasteiger partial charge in [-0.05, 0) is 112 Å². The van der Waals surface area contributed by atoms with Gasteiger partial charge in [-0.2, -0.15) is 4.98 Å². The maximum absolute atomic E-state index is 15.3. The first-order valence-electron chi connectivity index (χ1n) is 17.0. The molecule has 2 aromatic carbocycles. The molecule has 2 aliphatic rings. The Labute approximate surface area is 289 Å². The Morgan fingerprint density at radius 1 is 1.15 bits per heavy atom. The lowest BCUT2D eigenvalue weighted by molar-refractivity contribution is 0.0769. The van der Waals surface area contributed by atoms with E-state index in [0.717, 1.165) is 61.8 Å². The van der Waals surface area contributed by atoms with Crippen LogP contribution in [-0.4, -0.2) is 55.7 Å². The van der Waals surface area contributed by atoms with Crippen molar-refractivity contribution in [1.82, 2.24) is 19.4 Å². The Kier molecular flexibility index (Phi) is 11.2. The molecule has 12 heteroatoms. The molecule has 1 aliphatic carbocycles. The second-order valence-electron chi connectivity index (χ2n) is 13.2. The maximum Gasteiger partial charge on any atom is 0.354 e. The van der Waals surface area contributed by atoms with Crippen LogP contribution < -0.4 is 17.2 Å². The number of likely N-dealkylation sites (tertiary alicyclic amines) is 1. The quantitative estimate of drug-likeness (QED) is 0.0799. The van der Waals surface area contributed by atoms with E-state index >= 15 is 4.39 Å². The molecule has 0 spiro atoms. The average molecular weight is 696 g/mol. The van der Waals surface area contributed by atoms with E-state index in [1.807, 2.05) is 30.3 Å². The molecular weight excluding hydrogens is 652 g/mol. The maximum atomic E-state index is 15.3. The van der Waals surface area contributed by atoms with Crippen molar-refractivity contribution in [3.05, 3.63) is 81.1 Å². The number of alkyl halides is 1. The van der Waals surface area contributed by atoms with Crippen LogP contribution >= 0.6 is 23.4 Å². The number of hydrogen-bond donors (Lipinski definition) is 4. The third kappa shape index (κ3) is 8.13. The van der Waals surface area contributed by atoms with Crippen LogP contribution in [-0.2, 0) is 6.42 Å². The van der Waals surface area contributed by atoms with Crippen LogP contribution in [0.25, 0.3) is 28.0 Å². The number of H-pyrrole nitrogens is 1. The van der Waals surface area contributed by atoms with Gasteiger partial charge in [0.05, 0.1) is 23.1 Å². The number of amidine groups is 1. The molecule has 0 radical (unpaired) electrons. The van der Waals surface area contributed by atoms with E-state index in [2.05, 4.69) is 14.9 Å². The Morgan fingerprint density at radius 3 is 2.67 bits per heavy atom. The number of nitrogens with one attached hydrogen (secondary N) is 2. The van der Waals surface area contributed by atoms with Gasteiger partial charge >= 0.3 is 5.69 Å². The van der Waals surface area contributed by atoms with Gasteiger partial charge in [-0.3, -0.25) is 19.3 Å². The fourth-order valence-corrected chi connectivity index (χ4v) is 8.01. The molecule has 3 atom stereocenters. The topological polar surface area (TPSA) is 130 Å². The summed E-state index contributed by atoms with van der Waals surface area (Å²) in [4.78, 5) is 23.0. The van der Waals surface area contributed by atoms with E-state index < -0.39 is 11.5 Å². The molecule has 4 aromatic rings. The molecule has 0 amide bonds. The summed E-state index contributed by atoms with van der Waals surface area (Å²) in [7, 11) is 0. The summed E-state index contributed by atoms with van der Waals surface area (Å²) >= 11 is 7.68. The molecule has 2 fully saturated rings. The largest absolute Gasteiger partial charge is 0.379 e. The molecule has 8 nitrogen and oxygen atoms in total. The Balaban J connectivity index is 1.21. The number of aromatic nitrogens is 3. The van der Waals surface area contributed by atoms with Crippen LogP contribution in [0.1, 0.15) is 75.0 Å². The van der Waals surface area contributed by atoms with Gasteiger partial charge in [0.2, 0.25) is 0 Å². The zero-order valence-corrected chi connectivity index (χ0v) is 28.6. The number of aryl methyl sites for hydroxylation is 1. The minimum absolute atomic E-state index is 0.0581. The first-order chi connectivity index (χ1) is 23.2. The number of rotatable bonds is 14. The normalized spacial score (nSPS) is 19.2. The molecule has 0 unspecified atom stereocenters. The molecule has 3 heterocycles. The Morgan fingerprint density at radius 2 is 1.94 bits per heavy atom.